The van der Waals surface area contributed by atoms with Crippen LogP contribution >= 0.6 is 0 Å². The number of urea groups is 1. The highest BCUT2D eigenvalue weighted by Crippen LogP contribution is 2.33. The zero-order valence-corrected chi connectivity index (χ0v) is 17.3. The van der Waals surface area contributed by atoms with Crippen molar-refractivity contribution in [3.63, 3.8) is 0 Å². The maximum Gasteiger partial charge on any atom is 0.344 e. The van der Waals surface area contributed by atoms with E-state index in [1.807, 2.05) is 0 Å². The van der Waals surface area contributed by atoms with Crippen molar-refractivity contribution in [1.29, 1.82) is 0 Å². The number of nitrogens with one attached hydrogen (secondary N) is 2. The van der Waals surface area contributed by atoms with E-state index in [2.05, 4.69) is 17.7 Å². The van der Waals surface area contributed by atoms with Gasteiger partial charge in [0, 0.05) is 0 Å². The molecule has 1 aliphatic heterocycles. The molecule has 3 rings (SSSR count). The molecule has 0 aromatic rings. The summed E-state index contributed by atoms with van der Waals surface area (Å²) in [5.41, 5.74) is 1.40. The topological polar surface area (TPSA) is 105 Å². The molecule has 0 aromatic heterocycles. The van der Waals surface area contributed by atoms with Crippen LogP contribution in [0.3, 0.4) is 0 Å². The molecule has 0 radical (unpaired) electrons. The molecule has 29 heavy (non-hydrogen) atoms. The lowest BCUT2D eigenvalue weighted by atomic mass is 9.80. The minimum absolute atomic E-state index is 0.164. The Morgan fingerprint density at radius 2 is 1.83 bits per heavy atom. The number of esters is 1. The van der Waals surface area contributed by atoms with Crippen molar-refractivity contribution in [2.75, 3.05) is 6.61 Å². The second-order valence-corrected chi connectivity index (χ2v) is 8.72. The molecule has 2 saturated carbocycles. The van der Waals surface area contributed by atoms with Crippen LogP contribution in [0.1, 0.15) is 84.0 Å². The fraction of sp³-hybridized carbons (Fsp3) is 0.810. The molecule has 0 unspecified atom stereocenters. The molecule has 2 aliphatic carbocycles. The van der Waals surface area contributed by atoms with Gasteiger partial charge < -0.3 is 10.1 Å². The van der Waals surface area contributed by atoms with Crippen LogP contribution in [-0.2, 0) is 19.1 Å². The zero-order valence-electron chi connectivity index (χ0n) is 17.3. The number of hydrogen-bond donors (Lipinski definition) is 2. The monoisotopic (exact) mass is 407 g/mol. The van der Waals surface area contributed by atoms with Crippen LogP contribution in [0.5, 0.6) is 0 Å². The average Bonchev–Trinajstić information content (AvgIpc) is 2.95. The van der Waals surface area contributed by atoms with E-state index in [1.165, 1.54) is 19.3 Å². The minimum Gasteiger partial charge on any atom is -0.455 e. The minimum atomic E-state index is -0.893. The maximum absolute atomic E-state index is 12.6. The highest BCUT2D eigenvalue weighted by atomic mass is 16.5. The SMILES string of the molecule is CCCCC1CCC(C(=O)OCC(=O)NN2C(=O)NC3(CCCCC3)C2=O)CC1. The standard InChI is InChI=1S/C21H33N3O5/c1-2-3-7-15-8-10-16(11-9-15)18(26)29-14-17(25)23-24-19(27)21(22-20(24)28)12-5-4-6-13-21/h15-16H,2-14H2,1H3,(H,22,28)(H,23,25). The van der Waals surface area contributed by atoms with Crippen molar-refractivity contribution < 1.29 is 23.9 Å². The van der Waals surface area contributed by atoms with E-state index in [4.69, 9.17) is 4.74 Å². The van der Waals surface area contributed by atoms with Crippen molar-refractivity contribution in [1.82, 2.24) is 15.8 Å². The summed E-state index contributed by atoms with van der Waals surface area (Å²) < 4.78 is 5.16. The summed E-state index contributed by atoms with van der Waals surface area (Å²) in [6, 6.07) is -0.623. The second-order valence-electron chi connectivity index (χ2n) is 8.72. The van der Waals surface area contributed by atoms with Crippen LogP contribution in [0.4, 0.5) is 4.79 Å². The summed E-state index contributed by atoms with van der Waals surface area (Å²) in [5.74, 6) is -0.939. The number of ether oxygens (including phenoxy) is 1. The highest BCUT2D eigenvalue weighted by Gasteiger charge is 2.52. The third-order valence-corrected chi connectivity index (χ3v) is 6.60. The van der Waals surface area contributed by atoms with Gasteiger partial charge in [-0.25, -0.2) is 4.79 Å². The van der Waals surface area contributed by atoms with Gasteiger partial charge in [-0.3, -0.25) is 19.8 Å². The molecule has 2 N–H and O–H groups in total. The number of amides is 4. The second kappa shape index (κ2) is 9.59. The summed E-state index contributed by atoms with van der Waals surface area (Å²) in [5, 5.41) is 3.46. The van der Waals surface area contributed by atoms with Crippen molar-refractivity contribution in [2.45, 2.75) is 89.5 Å². The van der Waals surface area contributed by atoms with Gasteiger partial charge in [0.15, 0.2) is 6.61 Å². The van der Waals surface area contributed by atoms with Crippen LogP contribution in [0.2, 0.25) is 0 Å². The Morgan fingerprint density at radius 1 is 1.14 bits per heavy atom. The molecular weight excluding hydrogens is 374 g/mol. The van der Waals surface area contributed by atoms with Gasteiger partial charge in [0.05, 0.1) is 5.92 Å². The lowest BCUT2D eigenvalue weighted by Crippen LogP contribution is -2.51. The van der Waals surface area contributed by atoms with E-state index in [9.17, 15) is 19.2 Å². The number of carbonyl (C=O) groups is 4. The third kappa shape index (κ3) is 5.08. The Kier molecular flexibility index (Phi) is 7.14. The summed E-state index contributed by atoms with van der Waals surface area (Å²) in [4.78, 5) is 49.2. The summed E-state index contributed by atoms with van der Waals surface area (Å²) in [6.45, 7) is 1.70. The van der Waals surface area contributed by atoms with Gasteiger partial charge in [-0.1, -0.05) is 45.4 Å². The Labute approximate surface area is 172 Å². The van der Waals surface area contributed by atoms with Crippen LogP contribution in [0.25, 0.3) is 0 Å². The van der Waals surface area contributed by atoms with Crippen molar-refractivity contribution in [2.24, 2.45) is 11.8 Å². The number of unbranched alkanes of at least 4 members (excludes halogenated alkanes) is 1. The number of imide groups is 1. The number of hydrogen-bond acceptors (Lipinski definition) is 5. The van der Waals surface area contributed by atoms with E-state index in [-0.39, 0.29) is 11.9 Å². The smallest absolute Gasteiger partial charge is 0.344 e. The van der Waals surface area contributed by atoms with Crippen LogP contribution in [-0.4, -0.2) is 41.0 Å². The van der Waals surface area contributed by atoms with E-state index >= 15 is 0 Å². The van der Waals surface area contributed by atoms with Gasteiger partial charge in [-0.05, 0) is 44.4 Å². The first kappa shape index (κ1) is 21.6. The van der Waals surface area contributed by atoms with Gasteiger partial charge in [0.2, 0.25) is 0 Å². The van der Waals surface area contributed by atoms with E-state index in [1.54, 1.807) is 0 Å². The van der Waals surface area contributed by atoms with Gasteiger partial charge in [0.25, 0.3) is 11.8 Å². The summed E-state index contributed by atoms with van der Waals surface area (Å²) >= 11 is 0. The Bertz CT molecular complexity index is 636. The Balaban J connectivity index is 1.41. The molecule has 0 atom stereocenters. The van der Waals surface area contributed by atoms with Crippen molar-refractivity contribution in [3.8, 4) is 0 Å². The molecule has 1 spiro atoms. The molecule has 1 heterocycles. The van der Waals surface area contributed by atoms with Gasteiger partial charge >= 0.3 is 12.0 Å². The first-order valence-electron chi connectivity index (χ1n) is 11.1. The van der Waals surface area contributed by atoms with Crippen LogP contribution < -0.4 is 10.7 Å². The largest absolute Gasteiger partial charge is 0.455 e. The Morgan fingerprint density at radius 3 is 2.48 bits per heavy atom. The quantitative estimate of drug-likeness (QED) is 0.499. The molecule has 0 bridgehead atoms. The highest BCUT2D eigenvalue weighted by molar-refractivity contribution is 6.08. The zero-order chi connectivity index (χ0) is 20.9. The molecule has 8 nitrogen and oxygen atoms in total. The molecule has 3 aliphatic rings. The molecular formula is C21H33N3O5. The fourth-order valence-electron chi connectivity index (χ4n) is 4.81. The maximum atomic E-state index is 12.6. The number of carbonyl (C=O) groups excluding carboxylic acids is 4. The van der Waals surface area contributed by atoms with E-state index in [0.717, 1.165) is 50.0 Å². The predicted molar refractivity (Wildman–Crippen MR) is 105 cm³/mol. The van der Waals surface area contributed by atoms with E-state index < -0.39 is 30.0 Å². The molecule has 0 aromatic carbocycles. The van der Waals surface area contributed by atoms with Crippen LogP contribution in [0.15, 0.2) is 0 Å². The normalized spacial score (nSPS) is 26.3. The summed E-state index contributed by atoms with van der Waals surface area (Å²) in [7, 11) is 0. The molecule has 8 heteroatoms. The molecule has 162 valence electrons. The average molecular weight is 408 g/mol. The van der Waals surface area contributed by atoms with Crippen molar-refractivity contribution >= 4 is 23.8 Å². The predicted octanol–water partition coefficient (Wildman–Crippen LogP) is 2.81. The number of nitrogens with zero attached hydrogens (tertiary/aromatic N) is 1. The fourth-order valence-corrected chi connectivity index (χ4v) is 4.81. The van der Waals surface area contributed by atoms with Crippen molar-refractivity contribution in [3.05, 3.63) is 0 Å². The van der Waals surface area contributed by atoms with Crippen LogP contribution in [0, 0.1) is 11.8 Å². The lowest BCUT2D eigenvalue weighted by Gasteiger charge is -2.30. The first-order chi connectivity index (χ1) is 13.9. The summed E-state index contributed by atoms with van der Waals surface area (Å²) in [6.07, 6.45) is 11.2. The number of hydrazine groups is 1. The lowest BCUT2D eigenvalue weighted by molar-refractivity contribution is -0.155. The Hall–Kier alpha value is -2.12. The molecule has 3 fully saturated rings. The van der Waals surface area contributed by atoms with E-state index in [0.29, 0.717) is 18.8 Å². The van der Waals surface area contributed by atoms with Gasteiger partial charge in [-0.15, -0.1) is 0 Å². The molecule has 4 amide bonds. The molecule has 1 saturated heterocycles. The van der Waals surface area contributed by atoms with Gasteiger partial charge in [0.1, 0.15) is 5.54 Å². The third-order valence-electron chi connectivity index (χ3n) is 6.60. The number of rotatable bonds is 7. The first-order valence-corrected chi connectivity index (χ1v) is 11.1. The van der Waals surface area contributed by atoms with Gasteiger partial charge in [-0.2, -0.15) is 5.01 Å².